The standard InChI is InChI=1S/C54H36N2O2P2/c57-59(40-16-5-1-6-17-40,41-18-7-2-8-19-41)44-30-27-37(28-31-44)38-29-34-50-51(36-38)56-54-49-33-32-46(47-25-14-26-48(52(47)49)53(54)55-50)39-15-13-24-45(35-39)60(58,42-20-9-3-10-21-42)43-22-11-4-12-23-43/h1-36H. The summed E-state index contributed by atoms with van der Waals surface area (Å²) < 4.78 is 30.2. The quantitative estimate of drug-likeness (QED) is 0.144. The van der Waals surface area contributed by atoms with Gasteiger partial charge in [-0.3, -0.25) is 0 Å². The van der Waals surface area contributed by atoms with Gasteiger partial charge >= 0.3 is 0 Å². The van der Waals surface area contributed by atoms with Crippen molar-refractivity contribution in [1.82, 2.24) is 9.97 Å². The molecule has 284 valence electrons. The van der Waals surface area contributed by atoms with Crippen molar-refractivity contribution in [3.8, 4) is 44.8 Å². The molecule has 4 nitrogen and oxygen atoms in total. The Morgan fingerprint density at radius 1 is 0.300 bits per heavy atom. The summed E-state index contributed by atoms with van der Waals surface area (Å²) in [7, 11) is -6.24. The number of benzene rings is 9. The molecule has 1 aliphatic rings. The lowest BCUT2D eigenvalue weighted by Crippen LogP contribution is -2.25. The highest BCUT2D eigenvalue weighted by molar-refractivity contribution is 7.85. The highest BCUT2D eigenvalue weighted by Gasteiger charge is 2.32. The Balaban J connectivity index is 0.971. The first-order chi connectivity index (χ1) is 29.5. The number of aromatic nitrogens is 2. The minimum absolute atomic E-state index is 0.792. The van der Waals surface area contributed by atoms with Crippen LogP contribution in [0.15, 0.2) is 218 Å². The molecule has 1 aromatic heterocycles. The molecule has 10 aromatic rings. The van der Waals surface area contributed by atoms with E-state index in [1.165, 1.54) is 0 Å². The second-order valence-electron chi connectivity index (χ2n) is 15.2. The topological polar surface area (TPSA) is 59.9 Å². The van der Waals surface area contributed by atoms with Crippen LogP contribution in [0.2, 0.25) is 0 Å². The van der Waals surface area contributed by atoms with Crippen LogP contribution in [0, 0.1) is 0 Å². The molecule has 0 atom stereocenters. The van der Waals surface area contributed by atoms with Crippen LogP contribution >= 0.6 is 14.3 Å². The maximum Gasteiger partial charge on any atom is 0.171 e. The maximum atomic E-state index is 15.3. The molecule has 1 heterocycles. The molecule has 0 radical (unpaired) electrons. The third kappa shape index (κ3) is 5.75. The Kier molecular flexibility index (Phi) is 8.67. The molecule has 9 aromatic carbocycles. The highest BCUT2D eigenvalue weighted by atomic mass is 31.2. The zero-order valence-corrected chi connectivity index (χ0v) is 34.2. The number of hydrogen-bond donors (Lipinski definition) is 0. The maximum absolute atomic E-state index is 15.3. The molecule has 0 saturated carbocycles. The summed E-state index contributed by atoms with van der Waals surface area (Å²) >= 11 is 0. The molecule has 11 rings (SSSR count). The van der Waals surface area contributed by atoms with E-state index >= 15 is 4.57 Å². The average molecular weight is 807 g/mol. The van der Waals surface area contributed by atoms with Crippen molar-refractivity contribution >= 4 is 67.9 Å². The fraction of sp³-hybridized carbons (Fsp3) is 0. The normalized spacial score (nSPS) is 12.1. The Bertz CT molecular complexity index is 3270. The van der Waals surface area contributed by atoms with Gasteiger partial charge in [-0.05, 0) is 45.8 Å². The summed E-state index contributed by atoms with van der Waals surface area (Å²) in [5.74, 6) is 0. The first-order valence-corrected chi connectivity index (χ1v) is 23.4. The molecule has 0 spiro atoms. The van der Waals surface area contributed by atoms with Gasteiger partial charge in [0.2, 0.25) is 0 Å². The third-order valence-corrected chi connectivity index (χ3v) is 17.9. The van der Waals surface area contributed by atoms with Gasteiger partial charge in [0.05, 0.1) is 22.4 Å². The Morgan fingerprint density at radius 2 is 0.750 bits per heavy atom. The van der Waals surface area contributed by atoms with Gasteiger partial charge in [0, 0.05) is 48.3 Å². The van der Waals surface area contributed by atoms with Crippen molar-refractivity contribution in [2.45, 2.75) is 0 Å². The summed E-state index contributed by atoms with van der Waals surface area (Å²) in [4.78, 5) is 10.5. The molecule has 0 bridgehead atoms. The molecule has 60 heavy (non-hydrogen) atoms. The predicted molar refractivity (Wildman–Crippen MR) is 251 cm³/mol. The fourth-order valence-electron chi connectivity index (χ4n) is 8.84. The van der Waals surface area contributed by atoms with E-state index in [1.807, 2.05) is 152 Å². The minimum Gasteiger partial charge on any atom is -0.309 e. The van der Waals surface area contributed by atoms with E-state index in [-0.39, 0.29) is 0 Å². The van der Waals surface area contributed by atoms with E-state index in [2.05, 4.69) is 66.7 Å². The van der Waals surface area contributed by atoms with Crippen molar-refractivity contribution < 1.29 is 9.13 Å². The van der Waals surface area contributed by atoms with Gasteiger partial charge in [-0.1, -0.05) is 200 Å². The third-order valence-electron chi connectivity index (χ3n) is 11.8. The second-order valence-corrected chi connectivity index (χ2v) is 20.7. The summed E-state index contributed by atoms with van der Waals surface area (Å²) in [6.07, 6.45) is 0. The molecule has 1 aliphatic carbocycles. The first-order valence-electron chi connectivity index (χ1n) is 20.0. The number of nitrogens with zero attached hydrogens (tertiary/aromatic N) is 2. The summed E-state index contributed by atoms with van der Waals surface area (Å²) in [5, 5.41) is 7.06. The monoisotopic (exact) mass is 806 g/mol. The SMILES string of the molecule is O=P(c1ccccc1)(c1ccccc1)c1ccc(-c2ccc3nc4c(nc3c2)-c2ccc(-c3cccc(P(=O)(c5ccccc5)c5ccccc5)c3)c3cccc-4c23)cc1. The van der Waals surface area contributed by atoms with Crippen LogP contribution in [0.25, 0.3) is 66.6 Å². The summed E-state index contributed by atoms with van der Waals surface area (Å²) in [5.41, 5.74) is 9.58. The molecule has 0 aliphatic heterocycles. The molecule has 0 amide bonds. The van der Waals surface area contributed by atoms with Gasteiger partial charge in [-0.25, -0.2) is 9.97 Å². The second kappa shape index (κ2) is 14.4. The van der Waals surface area contributed by atoms with Crippen LogP contribution in [0.1, 0.15) is 0 Å². The Labute approximate surface area is 348 Å². The lowest BCUT2D eigenvalue weighted by Gasteiger charge is -2.21. The lowest BCUT2D eigenvalue weighted by molar-refractivity contribution is 0.591. The summed E-state index contributed by atoms with van der Waals surface area (Å²) in [6.45, 7) is 0. The van der Waals surface area contributed by atoms with Crippen LogP contribution < -0.4 is 31.8 Å². The summed E-state index contributed by atoms with van der Waals surface area (Å²) in [6, 6.07) is 72.4. The molecular weight excluding hydrogens is 771 g/mol. The molecule has 6 heteroatoms. The highest BCUT2D eigenvalue weighted by Crippen LogP contribution is 2.49. The van der Waals surface area contributed by atoms with E-state index in [9.17, 15) is 4.57 Å². The van der Waals surface area contributed by atoms with Gasteiger partial charge in [-0.2, -0.15) is 0 Å². The number of rotatable bonds is 8. The van der Waals surface area contributed by atoms with Gasteiger partial charge < -0.3 is 9.13 Å². The minimum atomic E-state index is -3.16. The number of fused-ring (bicyclic) bond motifs is 4. The molecule has 0 unspecified atom stereocenters. The smallest absolute Gasteiger partial charge is 0.171 e. The van der Waals surface area contributed by atoms with Gasteiger partial charge in [0.15, 0.2) is 14.3 Å². The molecule has 0 N–H and O–H groups in total. The zero-order valence-electron chi connectivity index (χ0n) is 32.4. The first kappa shape index (κ1) is 36.1. The zero-order chi connectivity index (χ0) is 40.3. The van der Waals surface area contributed by atoms with Crippen molar-refractivity contribution in [2.75, 3.05) is 0 Å². The Morgan fingerprint density at radius 3 is 1.33 bits per heavy atom. The van der Waals surface area contributed by atoms with Gasteiger partial charge in [0.25, 0.3) is 0 Å². The number of hydrogen-bond acceptors (Lipinski definition) is 4. The van der Waals surface area contributed by atoms with Crippen molar-refractivity contribution in [3.63, 3.8) is 0 Å². The van der Waals surface area contributed by atoms with E-state index < -0.39 is 14.3 Å². The van der Waals surface area contributed by atoms with Crippen LogP contribution in [-0.4, -0.2) is 9.97 Å². The van der Waals surface area contributed by atoms with Crippen LogP contribution in [0.3, 0.4) is 0 Å². The van der Waals surface area contributed by atoms with E-state index in [0.29, 0.717) is 0 Å². The van der Waals surface area contributed by atoms with E-state index in [0.717, 1.165) is 98.4 Å². The molecular formula is C54H36N2O2P2. The molecule has 0 fully saturated rings. The van der Waals surface area contributed by atoms with E-state index in [4.69, 9.17) is 9.97 Å². The van der Waals surface area contributed by atoms with Crippen molar-refractivity contribution in [2.24, 2.45) is 0 Å². The van der Waals surface area contributed by atoms with Gasteiger partial charge in [0.1, 0.15) is 0 Å². The largest absolute Gasteiger partial charge is 0.309 e. The predicted octanol–water partition coefficient (Wildman–Crippen LogP) is 11.0. The van der Waals surface area contributed by atoms with Crippen LogP contribution in [0.5, 0.6) is 0 Å². The van der Waals surface area contributed by atoms with Crippen molar-refractivity contribution in [3.05, 3.63) is 218 Å². The van der Waals surface area contributed by atoms with Crippen molar-refractivity contribution in [1.29, 1.82) is 0 Å². The van der Waals surface area contributed by atoms with E-state index in [1.54, 1.807) is 0 Å². The average Bonchev–Trinajstić information content (AvgIpc) is 3.64. The Hall–Kier alpha value is -6.96. The fourth-order valence-corrected chi connectivity index (χ4v) is 14.2. The van der Waals surface area contributed by atoms with Crippen LogP contribution in [0.4, 0.5) is 0 Å². The lowest BCUT2D eigenvalue weighted by atomic mass is 9.95. The van der Waals surface area contributed by atoms with Crippen LogP contribution in [-0.2, 0) is 9.13 Å². The van der Waals surface area contributed by atoms with Gasteiger partial charge in [-0.15, -0.1) is 0 Å². The molecule has 0 saturated heterocycles.